The number of aliphatic carboxylic acids is 1. The zero-order valence-electron chi connectivity index (χ0n) is 21.2. The van der Waals surface area contributed by atoms with E-state index >= 15 is 0 Å². The molecule has 0 aliphatic carbocycles. The lowest BCUT2D eigenvalue weighted by Gasteiger charge is -2.30. The number of primary amides is 1. The second-order valence-electron chi connectivity index (χ2n) is 9.76. The van der Waals surface area contributed by atoms with Crippen LogP contribution in [0.25, 0.3) is 0 Å². The van der Waals surface area contributed by atoms with Gasteiger partial charge in [0, 0.05) is 19.4 Å². The Bertz CT molecular complexity index is 982. The first kappa shape index (κ1) is 29.6. The maximum atomic E-state index is 13.4. The standard InChI is InChI=1S/C25H37N5O7/c1-14(2)12-18(28-22(33)17(26)9-10-21(27)32)24(35)30-11-3-4-20(30)23(34)29-19(25(36)37)13-15-5-7-16(31)8-6-15/h5-8,14,17-20,31H,3-4,9-13,26H2,1-2H3,(H2,27,32)(H,28,33)(H,29,34)(H,36,37). The molecule has 1 fully saturated rings. The van der Waals surface area contributed by atoms with Crippen molar-refractivity contribution in [3.63, 3.8) is 0 Å². The van der Waals surface area contributed by atoms with Gasteiger partial charge < -0.3 is 37.2 Å². The van der Waals surface area contributed by atoms with Crippen LogP contribution < -0.4 is 22.1 Å². The van der Waals surface area contributed by atoms with Gasteiger partial charge in [-0.25, -0.2) is 4.79 Å². The molecule has 8 N–H and O–H groups in total. The fraction of sp³-hybridized carbons (Fsp3) is 0.560. The normalized spacial score (nSPS) is 17.6. The van der Waals surface area contributed by atoms with Crippen molar-refractivity contribution in [3.05, 3.63) is 29.8 Å². The molecule has 204 valence electrons. The number of nitrogens with one attached hydrogen (secondary N) is 2. The minimum absolute atomic E-state index is 0.00274. The van der Waals surface area contributed by atoms with E-state index < -0.39 is 53.8 Å². The molecule has 4 amide bonds. The zero-order chi connectivity index (χ0) is 27.7. The van der Waals surface area contributed by atoms with Crippen LogP contribution in [0.3, 0.4) is 0 Å². The van der Waals surface area contributed by atoms with Crippen molar-refractivity contribution in [1.82, 2.24) is 15.5 Å². The van der Waals surface area contributed by atoms with Gasteiger partial charge in [-0.05, 0) is 49.3 Å². The van der Waals surface area contributed by atoms with Gasteiger partial charge in [0.25, 0.3) is 0 Å². The third kappa shape index (κ3) is 9.05. The van der Waals surface area contributed by atoms with E-state index in [1.807, 2.05) is 13.8 Å². The molecule has 1 aliphatic heterocycles. The van der Waals surface area contributed by atoms with Crippen LogP contribution in [0.5, 0.6) is 5.75 Å². The van der Waals surface area contributed by atoms with E-state index in [1.54, 1.807) is 12.1 Å². The number of nitrogens with zero attached hydrogens (tertiary/aromatic N) is 1. The first-order valence-corrected chi connectivity index (χ1v) is 12.3. The summed E-state index contributed by atoms with van der Waals surface area (Å²) in [6.07, 6.45) is 1.16. The minimum Gasteiger partial charge on any atom is -0.508 e. The van der Waals surface area contributed by atoms with Crippen molar-refractivity contribution in [2.24, 2.45) is 17.4 Å². The molecule has 0 aromatic heterocycles. The zero-order valence-corrected chi connectivity index (χ0v) is 21.2. The Morgan fingerprint density at radius 2 is 1.73 bits per heavy atom. The number of carbonyl (C=O) groups excluding carboxylic acids is 4. The molecule has 4 unspecified atom stereocenters. The molecule has 37 heavy (non-hydrogen) atoms. The average Bonchev–Trinajstić information content (AvgIpc) is 3.32. The van der Waals surface area contributed by atoms with Crippen molar-refractivity contribution >= 4 is 29.6 Å². The SMILES string of the molecule is CC(C)CC(NC(=O)C(N)CCC(N)=O)C(=O)N1CCCC1C(=O)NC(Cc1ccc(O)cc1)C(=O)O. The number of phenols is 1. The first-order chi connectivity index (χ1) is 17.4. The molecule has 1 aliphatic rings. The molecular formula is C25H37N5O7. The monoisotopic (exact) mass is 519 g/mol. The van der Waals surface area contributed by atoms with Crippen molar-refractivity contribution in [3.8, 4) is 5.75 Å². The highest BCUT2D eigenvalue weighted by Crippen LogP contribution is 2.21. The first-order valence-electron chi connectivity index (χ1n) is 12.3. The molecule has 4 atom stereocenters. The van der Waals surface area contributed by atoms with Gasteiger partial charge in [-0.2, -0.15) is 0 Å². The van der Waals surface area contributed by atoms with Gasteiger partial charge in [0.1, 0.15) is 23.9 Å². The van der Waals surface area contributed by atoms with Gasteiger partial charge in [0.05, 0.1) is 6.04 Å². The number of phenolic OH excluding ortho intramolecular Hbond substituents is 1. The molecular weight excluding hydrogens is 482 g/mol. The molecule has 2 rings (SSSR count). The van der Waals surface area contributed by atoms with Gasteiger partial charge in [-0.3, -0.25) is 19.2 Å². The fourth-order valence-electron chi connectivity index (χ4n) is 4.24. The molecule has 1 aromatic rings. The van der Waals surface area contributed by atoms with Crippen molar-refractivity contribution in [2.75, 3.05) is 6.54 Å². The molecule has 12 heteroatoms. The summed E-state index contributed by atoms with van der Waals surface area (Å²) in [7, 11) is 0. The maximum Gasteiger partial charge on any atom is 0.326 e. The number of rotatable bonds is 13. The number of likely N-dealkylation sites (tertiary alicyclic amines) is 1. The number of carboxylic acid groups (broad SMARTS) is 1. The van der Waals surface area contributed by atoms with Crippen LogP contribution in [0.1, 0.15) is 51.5 Å². The van der Waals surface area contributed by atoms with E-state index in [9.17, 15) is 34.2 Å². The van der Waals surface area contributed by atoms with Gasteiger partial charge in [0.2, 0.25) is 23.6 Å². The number of nitrogens with two attached hydrogens (primary N) is 2. The van der Waals surface area contributed by atoms with Gasteiger partial charge in [0.15, 0.2) is 0 Å². The van der Waals surface area contributed by atoms with Gasteiger partial charge in [-0.15, -0.1) is 0 Å². The predicted molar refractivity (Wildman–Crippen MR) is 134 cm³/mol. The number of carboxylic acids is 1. The van der Waals surface area contributed by atoms with Crippen LogP contribution in [-0.4, -0.2) is 75.4 Å². The molecule has 0 bridgehead atoms. The quantitative estimate of drug-likeness (QED) is 0.202. The van der Waals surface area contributed by atoms with Crippen molar-refractivity contribution < 1.29 is 34.2 Å². The smallest absolute Gasteiger partial charge is 0.326 e. The van der Waals surface area contributed by atoms with Crippen LogP contribution in [0.4, 0.5) is 0 Å². The van der Waals surface area contributed by atoms with E-state index in [1.165, 1.54) is 17.0 Å². The molecule has 1 saturated heterocycles. The number of benzene rings is 1. The molecule has 0 spiro atoms. The Kier molecular flexibility index (Phi) is 10.9. The van der Waals surface area contributed by atoms with E-state index in [2.05, 4.69) is 10.6 Å². The van der Waals surface area contributed by atoms with Crippen LogP contribution in [0, 0.1) is 5.92 Å². The van der Waals surface area contributed by atoms with E-state index in [4.69, 9.17) is 11.5 Å². The Morgan fingerprint density at radius 3 is 2.30 bits per heavy atom. The van der Waals surface area contributed by atoms with Gasteiger partial charge in [-0.1, -0.05) is 26.0 Å². The van der Waals surface area contributed by atoms with Gasteiger partial charge >= 0.3 is 5.97 Å². The van der Waals surface area contributed by atoms with Crippen LogP contribution >= 0.6 is 0 Å². The predicted octanol–water partition coefficient (Wildman–Crippen LogP) is -0.381. The largest absolute Gasteiger partial charge is 0.508 e. The Balaban J connectivity index is 2.11. The highest BCUT2D eigenvalue weighted by Gasteiger charge is 2.39. The average molecular weight is 520 g/mol. The Morgan fingerprint density at radius 1 is 1.08 bits per heavy atom. The summed E-state index contributed by atoms with van der Waals surface area (Å²) in [4.78, 5) is 63.3. The summed E-state index contributed by atoms with van der Waals surface area (Å²) in [5, 5.41) is 24.2. The summed E-state index contributed by atoms with van der Waals surface area (Å²) < 4.78 is 0. The molecule has 0 radical (unpaired) electrons. The van der Waals surface area contributed by atoms with E-state index in [0.717, 1.165) is 0 Å². The number of aromatic hydroxyl groups is 1. The van der Waals surface area contributed by atoms with Crippen LogP contribution in [0.2, 0.25) is 0 Å². The summed E-state index contributed by atoms with van der Waals surface area (Å²) in [5.41, 5.74) is 11.6. The summed E-state index contributed by atoms with van der Waals surface area (Å²) in [6.45, 7) is 4.05. The van der Waals surface area contributed by atoms with Crippen LogP contribution in [-0.2, 0) is 30.4 Å². The lowest BCUT2D eigenvalue weighted by molar-refractivity contribution is -0.145. The van der Waals surface area contributed by atoms with Crippen molar-refractivity contribution in [2.45, 2.75) is 76.5 Å². The van der Waals surface area contributed by atoms with Crippen LogP contribution in [0.15, 0.2) is 24.3 Å². The number of hydrogen-bond acceptors (Lipinski definition) is 7. The second kappa shape index (κ2) is 13.6. The third-order valence-electron chi connectivity index (χ3n) is 6.19. The lowest BCUT2D eigenvalue weighted by atomic mass is 10.0. The molecule has 0 saturated carbocycles. The number of amides is 4. The Hall–Kier alpha value is -3.67. The van der Waals surface area contributed by atoms with Crippen molar-refractivity contribution in [1.29, 1.82) is 0 Å². The molecule has 1 heterocycles. The fourth-order valence-corrected chi connectivity index (χ4v) is 4.24. The topological polar surface area (TPSA) is 205 Å². The van der Waals surface area contributed by atoms with E-state index in [0.29, 0.717) is 24.8 Å². The highest BCUT2D eigenvalue weighted by molar-refractivity contribution is 5.94. The molecule has 1 aromatic carbocycles. The maximum absolute atomic E-state index is 13.4. The summed E-state index contributed by atoms with van der Waals surface area (Å²) in [5.74, 6) is -3.39. The molecule has 12 nitrogen and oxygen atoms in total. The number of hydrogen-bond donors (Lipinski definition) is 6. The summed E-state index contributed by atoms with van der Waals surface area (Å²) >= 11 is 0. The third-order valence-corrected chi connectivity index (χ3v) is 6.19. The number of carbonyl (C=O) groups is 5. The highest BCUT2D eigenvalue weighted by atomic mass is 16.4. The summed E-state index contributed by atoms with van der Waals surface area (Å²) in [6, 6.07) is 1.91. The lowest BCUT2D eigenvalue weighted by Crippen LogP contribution is -2.57. The Labute approximate surface area is 215 Å². The van der Waals surface area contributed by atoms with E-state index in [-0.39, 0.29) is 37.5 Å². The second-order valence-corrected chi connectivity index (χ2v) is 9.76. The minimum atomic E-state index is -1.23.